The Hall–Kier alpha value is -2.41. The molecule has 0 aromatic heterocycles. The maximum atomic E-state index is 12.1. The van der Waals surface area contributed by atoms with E-state index in [-0.39, 0.29) is 37.3 Å². The number of methoxy groups -OCH3 is 1. The molecule has 0 spiro atoms. The van der Waals surface area contributed by atoms with E-state index in [1.807, 2.05) is 27.7 Å². The summed E-state index contributed by atoms with van der Waals surface area (Å²) in [7, 11) is -2.58. The molecule has 0 saturated carbocycles. The molecule has 0 aliphatic carbocycles. The lowest BCUT2D eigenvalue weighted by atomic mass is 9.91. The van der Waals surface area contributed by atoms with E-state index in [1.165, 1.54) is 0 Å². The van der Waals surface area contributed by atoms with E-state index in [2.05, 4.69) is 20.1 Å². The summed E-state index contributed by atoms with van der Waals surface area (Å²) in [5.41, 5.74) is -0.521. The van der Waals surface area contributed by atoms with Crippen LogP contribution in [0.5, 0.6) is 0 Å². The minimum atomic E-state index is -3.70. The van der Waals surface area contributed by atoms with Crippen molar-refractivity contribution in [1.82, 2.24) is 20.3 Å². The van der Waals surface area contributed by atoms with Gasteiger partial charge in [0.25, 0.3) is 0 Å². The minimum absolute atomic E-state index is 0.135. The van der Waals surface area contributed by atoms with Gasteiger partial charge in [0.1, 0.15) is 11.6 Å². The van der Waals surface area contributed by atoms with Crippen LogP contribution in [0.4, 0.5) is 4.79 Å². The van der Waals surface area contributed by atoms with E-state index in [4.69, 9.17) is 4.74 Å². The number of nitrogens with zero attached hydrogens (tertiary/aromatic N) is 1. The van der Waals surface area contributed by atoms with Crippen molar-refractivity contribution >= 4 is 33.9 Å². The smallest absolute Gasteiger partial charge is 0.410 e. The van der Waals surface area contributed by atoms with Crippen molar-refractivity contribution < 1.29 is 37.1 Å². The highest BCUT2D eigenvalue weighted by molar-refractivity contribution is 7.89. The van der Waals surface area contributed by atoms with E-state index in [0.29, 0.717) is 38.3 Å². The minimum Gasteiger partial charge on any atom is -0.468 e. The molecule has 0 aromatic rings. The van der Waals surface area contributed by atoms with Crippen LogP contribution in [0.25, 0.3) is 0 Å². The highest BCUT2D eigenvalue weighted by Crippen LogP contribution is 2.23. The normalized spacial score (nSPS) is 15.5. The number of esters is 1. The van der Waals surface area contributed by atoms with Gasteiger partial charge < -0.3 is 25.0 Å². The fourth-order valence-corrected chi connectivity index (χ4v) is 5.15. The first-order valence-corrected chi connectivity index (χ1v) is 14.5. The second kappa shape index (κ2) is 15.8. The molecule has 1 heterocycles. The van der Waals surface area contributed by atoms with Crippen molar-refractivity contribution in [2.75, 3.05) is 39.0 Å². The Morgan fingerprint density at radius 3 is 2.24 bits per heavy atom. The quantitative estimate of drug-likeness (QED) is 0.274. The fraction of sp³-hybridized carbons (Fsp3) is 0.833. The van der Waals surface area contributed by atoms with E-state index < -0.39 is 33.5 Å². The summed E-state index contributed by atoms with van der Waals surface area (Å²) < 4.78 is 36.4. The summed E-state index contributed by atoms with van der Waals surface area (Å²) in [4.78, 5) is 50.0. The number of carbonyl (C=O) groups excluding carboxylic acids is 4. The number of hydrogen-bond donors (Lipinski definition) is 3. The topological polar surface area (TPSA) is 160 Å². The number of likely N-dealkylation sites (tertiary alicyclic amines) is 1. The molecule has 3 amide bonds. The molecule has 0 bridgehead atoms. The van der Waals surface area contributed by atoms with Crippen LogP contribution in [0.2, 0.25) is 0 Å². The molecule has 1 aliphatic heterocycles. The number of amides is 3. The standard InChI is InChI=1S/C24H44N4O8S/c1-6-7-15-37(33,34)27-19(22(31)35-5)16-25-21(30)17-26-20(29)10-8-9-18-11-13-28(14-12-18)23(32)36-24(2,3)4/h18-19,27H,6-17H2,1-5H3,(H,25,30)(H,26,29)/t19-/m0/s1. The SMILES string of the molecule is CCCCS(=O)(=O)N[C@@H](CNC(=O)CNC(=O)CCCC1CCN(C(=O)OC(C)(C)C)CC1)C(=O)OC. The van der Waals surface area contributed by atoms with E-state index in [0.717, 1.165) is 26.4 Å². The lowest BCUT2D eigenvalue weighted by molar-refractivity contribution is -0.142. The average Bonchev–Trinajstić information content (AvgIpc) is 2.82. The van der Waals surface area contributed by atoms with Crippen LogP contribution < -0.4 is 15.4 Å². The number of carbonyl (C=O) groups is 4. The lowest BCUT2D eigenvalue weighted by Gasteiger charge is -2.33. The van der Waals surface area contributed by atoms with Gasteiger partial charge in [0.2, 0.25) is 21.8 Å². The number of unbranched alkanes of at least 4 members (excludes halogenated alkanes) is 1. The Bertz CT molecular complexity index is 864. The molecule has 12 nitrogen and oxygen atoms in total. The molecule has 13 heteroatoms. The third-order valence-corrected chi connectivity index (χ3v) is 7.28. The Kier molecular flexibility index (Phi) is 13.9. The second-order valence-corrected chi connectivity index (χ2v) is 12.1. The first-order valence-electron chi connectivity index (χ1n) is 12.9. The van der Waals surface area contributed by atoms with Gasteiger partial charge in [0, 0.05) is 26.1 Å². The zero-order chi connectivity index (χ0) is 28.1. The van der Waals surface area contributed by atoms with Gasteiger partial charge in [0.05, 0.1) is 19.4 Å². The van der Waals surface area contributed by atoms with Crippen molar-refractivity contribution in [2.24, 2.45) is 5.92 Å². The predicted molar refractivity (Wildman–Crippen MR) is 138 cm³/mol. The number of ether oxygens (including phenoxy) is 2. The van der Waals surface area contributed by atoms with Gasteiger partial charge in [0.15, 0.2) is 0 Å². The van der Waals surface area contributed by atoms with Crippen molar-refractivity contribution in [2.45, 2.75) is 84.3 Å². The zero-order valence-corrected chi connectivity index (χ0v) is 23.6. The summed E-state index contributed by atoms with van der Waals surface area (Å²) in [5, 5.41) is 4.97. The van der Waals surface area contributed by atoms with E-state index in [9.17, 15) is 27.6 Å². The van der Waals surface area contributed by atoms with Crippen molar-refractivity contribution in [3.8, 4) is 0 Å². The summed E-state index contributed by atoms with van der Waals surface area (Å²) >= 11 is 0. The van der Waals surface area contributed by atoms with Gasteiger partial charge in [-0.25, -0.2) is 13.2 Å². The molecule has 0 radical (unpaired) electrons. The molecular formula is C24H44N4O8S. The summed E-state index contributed by atoms with van der Waals surface area (Å²) in [6.45, 7) is 8.04. The highest BCUT2D eigenvalue weighted by atomic mass is 32.2. The fourth-order valence-electron chi connectivity index (χ4n) is 3.75. The molecule has 1 rings (SSSR count). The number of piperidine rings is 1. The number of hydrogen-bond acceptors (Lipinski definition) is 8. The molecular weight excluding hydrogens is 504 g/mol. The number of sulfonamides is 1. The van der Waals surface area contributed by atoms with Crippen LogP contribution in [0.15, 0.2) is 0 Å². The third kappa shape index (κ3) is 14.2. The van der Waals surface area contributed by atoms with Gasteiger partial charge in [-0.2, -0.15) is 4.72 Å². The molecule has 1 saturated heterocycles. The Morgan fingerprint density at radius 1 is 1.03 bits per heavy atom. The van der Waals surface area contributed by atoms with Crippen molar-refractivity contribution in [3.63, 3.8) is 0 Å². The van der Waals surface area contributed by atoms with Crippen molar-refractivity contribution in [3.05, 3.63) is 0 Å². The average molecular weight is 549 g/mol. The molecule has 214 valence electrons. The summed E-state index contributed by atoms with van der Waals surface area (Å²) in [6.07, 6.45) is 4.30. The number of nitrogens with one attached hydrogen (secondary N) is 3. The van der Waals surface area contributed by atoms with Gasteiger partial charge in [-0.15, -0.1) is 0 Å². The van der Waals surface area contributed by atoms with Crippen LogP contribution in [-0.2, 0) is 33.9 Å². The van der Waals surface area contributed by atoms with Crippen LogP contribution >= 0.6 is 0 Å². The molecule has 1 fully saturated rings. The Morgan fingerprint density at radius 2 is 1.68 bits per heavy atom. The maximum absolute atomic E-state index is 12.1. The monoisotopic (exact) mass is 548 g/mol. The number of rotatable bonds is 14. The maximum Gasteiger partial charge on any atom is 0.410 e. The van der Waals surface area contributed by atoms with E-state index >= 15 is 0 Å². The molecule has 1 atom stereocenters. The third-order valence-electron chi connectivity index (χ3n) is 5.81. The predicted octanol–water partition coefficient (Wildman–Crippen LogP) is 1.30. The van der Waals surface area contributed by atoms with Crippen LogP contribution in [0.3, 0.4) is 0 Å². The summed E-state index contributed by atoms with van der Waals surface area (Å²) in [6, 6.07) is -1.26. The second-order valence-electron chi connectivity index (χ2n) is 10.2. The first kappa shape index (κ1) is 32.6. The highest BCUT2D eigenvalue weighted by Gasteiger charge is 2.27. The van der Waals surface area contributed by atoms with Gasteiger partial charge in [-0.3, -0.25) is 14.4 Å². The first-order chi connectivity index (χ1) is 17.3. The molecule has 3 N–H and O–H groups in total. The van der Waals surface area contributed by atoms with Gasteiger partial charge in [-0.05, 0) is 58.8 Å². The largest absolute Gasteiger partial charge is 0.468 e. The van der Waals surface area contributed by atoms with E-state index in [1.54, 1.807) is 4.90 Å². The Balaban J connectivity index is 2.30. The van der Waals surface area contributed by atoms with Crippen molar-refractivity contribution in [1.29, 1.82) is 0 Å². The molecule has 0 unspecified atom stereocenters. The van der Waals surface area contributed by atoms with Crippen LogP contribution in [0, 0.1) is 5.92 Å². The molecule has 37 heavy (non-hydrogen) atoms. The molecule has 1 aliphatic rings. The van der Waals surface area contributed by atoms with Crippen LogP contribution in [-0.4, -0.2) is 87.9 Å². The van der Waals surface area contributed by atoms with Gasteiger partial charge in [-0.1, -0.05) is 13.3 Å². The summed E-state index contributed by atoms with van der Waals surface area (Å²) in [5.74, 6) is -1.35. The lowest BCUT2D eigenvalue weighted by Crippen LogP contribution is -2.50. The van der Waals surface area contributed by atoms with Gasteiger partial charge >= 0.3 is 12.1 Å². The molecule has 0 aromatic carbocycles. The Labute approximate surface area is 220 Å². The van der Waals surface area contributed by atoms with Crippen LogP contribution in [0.1, 0.15) is 72.6 Å². The zero-order valence-electron chi connectivity index (χ0n) is 22.8.